The molecule has 1 aliphatic heterocycles. The van der Waals surface area contributed by atoms with Gasteiger partial charge < -0.3 is 20.5 Å². The van der Waals surface area contributed by atoms with Gasteiger partial charge in [0, 0.05) is 12.0 Å². The van der Waals surface area contributed by atoms with E-state index in [1.165, 1.54) is 0 Å². The van der Waals surface area contributed by atoms with Gasteiger partial charge >= 0.3 is 6.03 Å². The predicted octanol–water partition coefficient (Wildman–Crippen LogP) is 3.75. The molecule has 3 aromatic rings. The summed E-state index contributed by atoms with van der Waals surface area (Å²) in [6, 6.07) is 26.4. The maximum absolute atomic E-state index is 12.7. The first-order chi connectivity index (χ1) is 14.2. The van der Waals surface area contributed by atoms with Gasteiger partial charge in [-0.1, -0.05) is 78.9 Å². The minimum atomic E-state index is -1.15. The molecule has 0 spiro atoms. The van der Waals surface area contributed by atoms with Crippen LogP contribution >= 0.6 is 0 Å². The molecule has 1 heterocycles. The Labute approximate surface area is 170 Å². The Balaban J connectivity index is 1.48. The number of carbonyl (C=O) groups excluding carboxylic acids is 1. The Hall–Kier alpha value is -3.31. The Morgan fingerprint density at radius 2 is 1.52 bits per heavy atom. The minimum Gasteiger partial charge on any atom is -0.493 e. The third kappa shape index (κ3) is 4.25. The van der Waals surface area contributed by atoms with E-state index in [1.807, 2.05) is 84.9 Å². The number of rotatable bonds is 5. The first-order valence-corrected chi connectivity index (χ1v) is 9.75. The van der Waals surface area contributed by atoms with E-state index >= 15 is 0 Å². The number of aliphatic hydroxyl groups is 1. The van der Waals surface area contributed by atoms with Crippen molar-refractivity contribution in [2.75, 3.05) is 13.2 Å². The van der Waals surface area contributed by atoms with Crippen LogP contribution in [0.2, 0.25) is 0 Å². The van der Waals surface area contributed by atoms with Gasteiger partial charge in [0.05, 0.1) is 19.2 Å². The van der Waals surface area contributed by atoms with Crippen LogP contribution in [-0.2, 0) is 5.60 Å². The molecule has 0 saturated carbocycles. The topological polar surface area (TPSA) is 70.6 Å². The second-order valence-corrected chi connectivity index (χ2v) is 7.21. The number of amides is 2. The molecule has 1 unspecified atom stereocenters. The first kappa shape index (κ1) is 19.0. The van der Waals surface area contributed by atoms with Crippen molar-refractivity contribution in [3.63, 3.8) is 0 Å². The monoisotopic (exact) mass is 388 g/mol. The van der Waals surface area contributed by atoms with Crippen molar-refractivity contribution in [1.29, 1.82) is 0 Å². The van der Waals surface area contributed by atoms with Crippen LogP contribution in [0.15, 0.2) is 84.9 Å². The van der Waals surface area contributed by atoms with Gasteiger partial charge in [0.25, 0.3) is 0 Å². The number of hydrogen-bond donors (Lipinski definition) is 3. The van der Waals surface area contributed by atoms with E-state index in [0.29, 0.717) is 24.3 Å². The number of fused-ring (bicyclic) bond motifs is 1. The summed E-state index contributed by atoms with van der Waals surface area (Å²) < 4.78 is 5.62. The number of ether oxygens (including phenoxy) is 1. The lowest BCUT2D eigenvalue weighted by atomic mass is 9.88. The fraction of sp³-hybridized carbons (Fsp3) is 0.208. The van der Waals surface area contributed by atoms with Crippen LogP contribution in [0.4, 0.5) is 4.79 Å². The van der Waals surface area contributed by atoms with Crippen molar-refractivity contribution in [3.05, 3.63) is 102 Å². The van der Waals surface area contributed by atoms with Crippen LogP contribution in [0, 0.1) is 0 Å². The van der Waals surface area contributed by atoms with Gasteiger partial charge in [0.1, 0.15) is 11.4 Å². The van der Waals surface area contributed by atoms with Crippen LogP contribution in [0.1, 0.15) is 29.2 Å². The van der Waals surface area contributed by atoms with Crippen LogP contribution < -0.4 is 15.4 Å². The zero-order chi connectivity index (χ0) is 20.1. The summed E-state index contributed by atoms with van der Waals surface area (Å²) in [4.78, 5) is 12.7. The maximum atomic E-state index is 12.7. The van der Waals surface area contributed by atoms with Crippen molar-refractivity contribution < 1.29 is 14.6 Å². The molecule has 5 heteroatoms. The summed E-state index contributed by atoms with van der Waals surface area (Å²) in [7, 11) is 0. The standard InChI is InChI=1S/C24H24N2O3/c27-23(25-17-24(28)15-16-29-21-14-8-7-13-20(21)24)26-22(18-9-3-1-4-10-18)19-11-5-2-6-12-19/h1-14,22,28H,15-17H2,(H2,25,26,27). The maximum Gasteiger partial charge on any atom is 0.315 e. The van der Waals surface area contributed by atoms with Gasteiger partial charge in [-0.05, 0) is 17.2 Å². The highest BCUT2D eigenvalue weighted by molar-refractivity contribution is 5.75. The van der Waals surface area contributed by atoms with Crippen LogP contribution in [0.5, 0.6) is 5.75 Å². The van der Waals surface area contributed by atoms with E-state index in [9.17, 15) is 9.90 Å². The largest absolute Gasteiger partial charge is 0.493 e. The average Bonchev–Trinajstić information content (AvgIpc) is 2.78. The van der Waals surface area contributed by atoms with Gasteiger partial charge in [-0.25, -0.2) is 4.79 Å². The summed E-state index contributed by atoms with van der Waals surface area (Å²) in [5, 5.41) is 17.0. The molecule has 0 saturated heterocycles. The lowest BCUT2D eigenvalue weighted by molar-refractivity contribution is 0.0000284. The van der Waals surface area contributed by atoms with Gasteiger partial charge in [0.2, 0.25) is 0 Å². The molecule has 2 amide bonds. The molecule has 0 radical (unpaired) electrons. The summed E-state index contributed by atoms with van der Waals surface area (Å²) in [5.41, 5.74) is 1.53. The van der Waals surface area contributed by atoms with Crippen LogP contribution in [-0.4, -0.2) is 24.3 Å². The molecule has 1 aliphatic rings. The second-order valence-electron chi connectivity index (χ2n) is 7.21. The van der Waals surface area contributed by atoms with Crippen molar-refractivity contribution in [2.45, 2.75) is 18.1 Å². The molecule has 1 atom stereocenters. The van der Waals surface area contributed by atoms with E-state index in [2.05, 4.69) is 10.6 Å². The highest BCUT2D eigenvalue weighted by atomic mass is 16.5. The smallest absolute Gasteiger partial charge is 0.315 e. The van der Waals surface area contributed by atoms with E-state index in [1.54, 1.807) is 0 Å². The molecule has 148 valence electrons. The zero-order valence-corrected chi connectivity index (χ0v) is 16.0. The molecule has 0 fully saturated rings. The van der Waals surface area contributed by atoms with Gasteiger partial charge in [0.15, 0.2) is 0 Å². The SMILES string of the molecule is O=C(NCC1(O)CCOc2ccccc21)NC(c1ccccc1)c1ccccc1. The molecule has 0 bridgehead atoms. The molecule has 3 N–H and O–H groups in total. The normalized spacial score (nSPS) is 17.9. The Morgan fingerprint density at radius 3 is 2.17 bits per heavy atom. The first-order valence-electron chi connectivity index (χ1n) is 9.75. The summed E-state index contributed by atoms with van der Waals surface area (Å²) in [5.74, 6) is 0.662. The lowest BCUT2D eigenvalue weighted by Gasteiger charge is -2.34. The zero-order valence-electron chi connectivity index (χ0n) is 16.0. The fourth-order valence-electron chi connectivity index (χ4n) is 3.68. The van der Waals surface area contributed by atoms with Crippen molar-refractivity contribution in [3.8, 4) is 5.75 Å². The summed E-state index contributed by atoms with van der Waals surface area (Å²) in [6.45, 7) is 0.517. The molecule has 0 aromatic heterocycles. The van der Waals surface area contributed by atoms with Crippen LogP contribution in [0.25, 0.3) is 0 Å². The molecule has 4 rings (SSSR count). The number of nitrogens with one attached hydrogen (secondary N) is 2. The molecule has 0 aliphatic carbocycles. The highest BCUT2D eigenvalue weighted by Crippen LogP contribution is 2.36. The molecule has 5 nitrogen and oxygen atoms in total. The van der Waals surface area contributed by atoms with Crippen molar-refractivity contribution in [1.82, 2.24) is 10.6 Å². The Bertz CT molecular complexity index is 923. The fourth-order valence-corrected chi connectivity index (χ4v) is 3.68. The van der Waals surface area contributed by atoms with E-state index in [-0.39, 0.29) is 18.6 Å². The summed E-state index contributed by atoms with van der Waals surface area (Å²) >= 11 is 0. The minimum absolute atomic E-state index is 0.107. The molecular weight excluding hydrogens is 364 g/mol. The molecular formula is C24H24N2O3. The van der Waals surface area contributed by atoms with E-state index in [4.69, 9.17) is 4.74 Å². The number of carbonyl (C=O) groups is 1. The number of hydrogen-bond acceptors (Lipinski definition) is 3. The van der Waals surface area contributed by atoms with Gasteiger partial charge in [-0.3, -0.25) is 0 Å². The lowest BCUT2D eigenvalue weighted by Crippen LogP contribution is -2.47. The van der Waals surface area contributed by atoms with Crippen molar-refractivity contribution >= 4 is 6.03 Å². The third-order valence-corrected chi connectivity index (χ3v) is 5.24. The number of para-hydroxylation sites is 1. The van der Waals surface area contributed by atoms with E-state index < -0.39 is 5.60 Å². The van der Waals surface area contributed by atoms with Crippen LogP contribution in [0.3, 0.4) is 0 Å². The third-order valence-electron chi connectivity index (χ3n) is 5.24. The number of urea groups is 1. The Morgan fingerprint density at radius 1 is 0.931 bits per heavy atom. The predicted molar refractivity (Wildman–Crippen MR) is 112 cm³/mol. The highest BCUT2D eigenvalue weighted by Gasteiger charge is 2.36. The number of benzene rings is 3. The average molecular weight is 388 g/mol. The second kappa shape index (κ2) is 8.37. The quantitative estimate of drug-likeness (QED) is 0.624. The van der Waals surface area contributed by atoms with Crippen molar-refractivity contribution in [2.24, 2.45) is 0 Å². The van der Waals surface area contributed by atoms with E-state index in [0.717, 1.165) is 11.1 Å². The van der Waals surface area contributed by atoms with Gasteiger partial charge in [-0.15, -0.1) is 0 Å². The summed E-state index contributed by atoms with van der Waals surface area (Å²) in [6.07, 6.45) is 0.422. The Kier molecular flexibility index (Phi) is 5.49. The molecule has 3 aromatic carbocycles. The molecule has 29 heavy (non-hydrogen) atoms. The van der Waals surface area contributed by atoms with Gasteiger partial charge in [-0.2, -0.15) is 0 Å².